The molecule has 1 aromatic carbocycles. The average Bonchev–Trinajstić information content (AvgIpc) is 3.38. The van der Waals surface area contributed by atoms with Gasteiger partial charge in [-0.25, -0.2) is 4.39 Å². The first-order chi connectivity index (χ1) is 11.2. The van der Waals surface area contributed by atoms with E-state index in [1.165, 1.54) is 12.8 Å². The van der Waals surface area contributed by atoms with Gasteiger partial charge in [0.25, 0.3) is 0 Å². The Hall–Kier alpha value is -1.62. The fraction of sp³-hybridized carbons (Fsp3) is 0.611. The molecule has 2 aliphatic rings. The fourth-order valence-electron chi connectivity index (χ4n) is 3.08. The summed E-state index contributed by atoms with van der Waals surface area (Å²) in [5.41, 5.74) is 1.10. The van der Waals surface area contributed by atoms with Crippen LogP contribution in [0.5, 0.6) is 0 Å². The maximum atomic E-state index is 13.3. The predicted molar refractivity (Wildman–Crippen MR) is 90.3 cm³/mol. The molecule has 0 aromatic heterocycles. The molecule has 2 N–H and O–H groups in total. The summed E-state index contributed by atoms with van der Waals surface area (Å²) in [7, 11) is 0. The van der Waals surface area contributed by atoms with E-state index in [0.29, 0.717) is 12.6 Å². The van der Waals surface area contributed by atoms with E-state index >= 15 is 0 Å². The van der Waals surface area contributed by atoms with Gasteiger partial charge in [0, 0.05) is 31.2 Å². The molecule has 0 amide bonds. The van der Waals surface area contributed by atoms with Crippen LogP contribution < -0.4 is 10.6 Å². The van der Waals surface area contributed by atoms with Crippen LogP contribution in [0.4, 0.5) is 4.39 Å². The molecule has 5 heteroatoms. The third-order valence-electron chi connectivity index (χ3n) is 4.71. The summed E-state index contributed by atoms with van der Waals surface area (Å²) in [5, 5.41) is 6.78. The summed E-state index contributed by atoms with van der Waals surface area (Å²) in [4.78, 5) is 4.83. The molecular formula is C18H26FN3O. The maximum absolute atomic E-state index is 13.3. The molecule has 1 saturated carbocycles. The van der Waals surface area contributed by atoms with Gasteiger partial charge in [0.15, 0.2) is 5.96 Å². The Morgan fingerprint density at radius 1 is 1.26 bits per heavy atom. The quantitative estimate of drug-likeness (QED) is 0.648. The Bertz CT molecular complexity index is 534. The zero-order chi connectivity index (χ0) is 16.1. The number of rotatable bonds is 5. The predicted octanol–water partition coefficient (Wildman–Crippen LogP) is 2.59. The standard InChI is InChI=1S/C18H26FN3O/c1-2-20-17(22-16-7-8-16)21-13-18(9-11-23-12-10-18)14-3-5-15(19)6-4-14/h3-6,16H,2,7-13H2,1H3,(H2,20,21,22). The molecule has 2 fully saturated rings. The monoisotopic (exact) mass is 319 g/mol. The van der Waals surface area contributed by atoms with Gasteiger partial charge < -0.3 is 15.4 Å². The lowest BCUT2D eigenvalue weighted by molar-refractivity contribution is 0.0531. The van der Waals surface area contributed by atoms with E-state index in [4.69, 9.17) is 9.73 Å². The van der Waals surface area contributed by atoms with Crippen molar-refractivity contribution in [1.82, 2.24) is 10.6 Å². The van der Waals surface area contributed by atoms with Gasteiger partial charge in [-0.05, 0) is 50.3 Å². The van der Waals surface area contributed by atoms with Crippen molar-refractivity contribution in [2.45, 2.75) is 44.1 Å². The molecule has 1 saturated heterocycles. The minimum Gasteiger partial charge on any atom is -0.381 e. The number of halogens is 1. The lowest BCUT2D eigenvalue weighted by atomic mass is 9.74. The van der Waals surface area contributed by atoms with Crippen LogP contribution in [0.15, 0.2) is 29.3 Å². The van der Waals surface area contributed by atoms with Crippen molar-refractivity contribution in [1.29, 1.82) is 0 Å². The molecular weight excluding hydrogens is 293 g/mol. The second-order valence-corrected chi connectivity index (χ2v) is 6.51. The molecule has 0 bridgehead atoms. The number of hydrogen-bond donors (Lipinski definition) is 2. The molecule has 0 unspecified atom stereocenters. The van der Waals surface area contributed by atoms with Crippen molar-refractivity contribution in [3.05, 3.63) is 35.6 Å². The zero-order valence-electron chi connectivity index (χ0n) is 13.8. The van der Waals surface area contributed by atoms with Crippen LogP contribution >= 0.6 is 0 Å². The second kappa shape index (κ2) is 7.30. The van der Waals surface area contributed by atoms with Crippen LogP contribution in [0.2, 0.25) is 0 Å². The summed E-state index contributed by atoms with van der Waals surface area (Å²) < 4.78 is 18.8. The first-order valence-corrected chi connectivity index (χ1v) is 8.60. The van der Waals surface area contributed by atoms with Gasteiger partial charge in [-0.3, -0.25) is 4.99 Å². The summed E-state index contributed by atoms with van der Waals surface area (Å²) in [5.74, 6) is 0.700. The Morgan fingerprint density at radius 3 is 2.57 bits per heavy atom. The number of hydrogen-bond acceptors (Lipinski definition) is 2. The van der Waals surface area contributed by atoms with E-state index < -0.39 is 0 Å². The van der Waals surface area contributed by atoms with Crippen molar-refractivity contribution in [2.24, 2.45) is 4.99 Å². The normalized spacial score (nSPS) is 21.0. The van der Waals surface area contributed by atoms with Crippen molar-refractivity contribution < 1.29 is 9.13 Å². The van der Waals surface area contributed by atoms with Gasteiger partial charge in [0.2, 0.25) is 0 Å². The van der Waals surface area contributed by atoms with Gasteiger partial charge in [-0.15, -0.1) is 0 Å². The smallest absolute Gasteiger partial charge is 0.191 e. The maximum Gasteiger partial charge on any atom is 0.191 e. The summed E-state index contributed by atoms with van der Waals surface area (Å²) in [6.07, 6.45) is 4.29. The lowest BCUT2D eigenvalue weighted by Crippen LogP contribution is -2.42. The molecule has 1 aliphatic carbocycles. The van der Waals surface area contributed by atoms with Crippen molar-refractivity contribution in [3.8, 4) is 0 Å². The average molecular weight is 319 g/mol. The largest absolute Gasteiger partial charge is 0.381 e. The Balaban J connectivity index is 1.78. The molecule has 1 aromatic rings. The highest BCUT2D eigenvalue weighted by Gasteiger charge is 2.34. The highest BCUT2D eigenvalue weighted by molar-refractivity contribution is 5.80. The van der Waals surface area contributed by atoms with Crippen molar-refractivity contribution in [3.63, 3.8) is 0 Å². The van der Waals surface area contributed by atoms with Crippen molar-refractivity contribution >= 4 is 5.96 Å². The lowest BCUT2D eigenvalue weighted by Gasteiger charge is -2.36. The van der Waals surface area contributed by atoms with Crippen LogP contribution in [-0.2, 0) is 10.2 Å². The van der Waals surface area contributed by atoms with E-state index in [9.17, 15) is 4.39 Å². The van der Waals surface area contributed by atoms with Crippen LogP contribution in [0.25, 0.3) is 0 Å². The second-order valence-electron chi connectivity index (χ2n) is 6.51. The molecule has 0 atom stereocenters. The zero-order valence-corrected chi connectivity index (χ0v) is 13.8. The van der Waals surface area contributed by atoms with E-state index in [0.717, 1.165) is 44.1 Å². The van der Waals surface area contributed by atoms with Gasteiger partial charge in [0.1, 0.15) is 5.82 Å². The summed E-state index contributed by atoms with van der Waals surface area (Å²) in [6.45, 7) is 5.10. The van der Waals surface area contributed by atoms with Gasteiger partial charge in [-0.1, -0.05) is 12.1 Å². The van der Waals surface area contributed by atoms with E-state index in [1.807, 2.05) is 12.1 Å². The first kappa shape index (κ1) is 16.2. The minimum absolute atomic E-state index is 0.0577. The molecule has 1 heterocycles. The highest BCUT2D eigenvalue weighted by atomic mass is 19.1. The molecule has 4 nitrogen and oxygen atoms in total. The number of benzene rings is 1. The van der Waals surface area contributed by atoms with Crippen LogP contribution in [-0.4, -0.2) is 38.3 Å². The number of guanidine groups is 1. The van der Waals surface area contributed by atoms with Gasteiger partial charge >= 0.3 is 0 Å². The number of nitrogens with one attached hydrogen (secondary N) is 2. The fourth-order valence-corrected chi connectivity index (χ4v) is 3.08. The van der Waals surface area contributed by atoms with Crippen molar-refractivity contribution in [2.75, 3.05) is 26.3 Å². The molecule has 0 spiro atoms. The van der Waals surface area contributed by atoms with E-state index in [-0.39, 0.29) is 11.2 Å². The van der Waals surface area contributed by atoms with Crippen LogP contribution in [0.3, 0.4) is 0 Å². The number of nitrogens with zero attached hydrogens (tertiary/aromatic N) is 1. The van der Waals surface area contributed by atoms with Gasteiger partial charge in [-0.2, -0.15) is 0 Å². The summed E-state index contributed by atoms with van der Waals surface area (Å²) in [6, 6.07) is 7.46. The first-order valence-electron chi connectivity index (χ1n) is 8.60. The van der Waals surface area contributed by atoms with Gasteiger partial charge in [0.05, 0.1) is 6.54 Å². The molecule has 1 aliphatic heterocycles. The highest BCUT2D eigenvalue weighted by Crippen LogP contribution is 2.35. The SMILES string of the molecule is CCNC(=NCC1(c2ccc(F)cc2)CCOCC1)NC1CC1. The molecule has 23 heavy (non-hydrogen) atoms. The number of ether oxygens (including phenoxy) is 1. The minimum atomic E-state index is -0.191. The van der Waals surface area contributed by atoms with Crippen LogP contribution in [0.1, 0.15) is 38.2 Å². The van der Waals surface area contributed by atoms with E-state index in [1.54, 1.807) is 12.1 Å². The number of aliphatic imine (C=N–C) groups is 1. The Morgan fingerprint density at radius 2 is 1.96 bits per heavy atom. The Kier molecular flexibility index (Phi) is 5.16. The third-order valence-corrected chi connectivity index (χ3v) is 4.71. The topological polar surface area (TPSA) is 45.7 Å². The molecule has 0 radical (unpaired) electrons. The van der Waals surface area contributed by atoms with E-state index in [2.05, 4.69) is 17.6 Å². The third kappa shape index (κ3) is 4.22. The molecule has 126 valence electrons. The molecule has 3 rings (SSSR count). The summed E-state index contributed by atoms with van der Waals surface area (Å²) >= 11 is 0. The Labute approximate surface area is 137 Å². The van der Waals surface area contributed by atoms with Crippen LogP contribution in [0, 0.1) is 5.82 Å².